The van der Waals surface area contributed by atoms with Gasteiger partial charge in [0.05, 0.1) is 48.5 Å². The van der Waals surface area contributed by atoms with Gasteiger partial charge < -0.3 is 28.7 Å². The van der Waals surface area contributed by atoms with Crippen LogP contribution in [-0.2, 0) is 0 Å². The molecule has 124 heavy (non-hydrogen) atoms. The number of hydrogen-bond donors (Lipinski definition) is 0. The lowest BCUT2D eigenvalue weighted by Gasteiger charge is -2.29. The van der Waals surface area contributed by atoms with Crippen LogP contribution in [0.15, 0.2) is 473 Å². The van der Waals surface area contributed by atoms with Gasteiger partial charge in [-0.1, -0.05) is 285 Å². The molecule has 4 heterocycles. The molecule has 4 aromatic heterocycles. The minimum Gasteiger partial charge on any atom is -0.310 e. The van der Waals surface area contributed by atoms with Crippen molar-refractivity contribution in [2.45, 2.75) is 0 Å². The SMILES string of the molecule is c1ccc(N(c2ccc(-c3cccc(N(c4ccccc4)c4ccc5c(c4)c4ccccc4n5-c4ccccc4)c3)cc2)c2ccc3c(c2)c2ccccc2n3-c2ccccc2)cc1.c1ccc(N(c2ccc(-c3ccccc3N(c3ccccc3)c3cc4ccccc4c4c3sc3ccccc34)cc2)c2cc3ccccc3c3c2sc2ccccc23)cc1. The van der Waals surface area contributed by atoms with E-state index in [4.69, 9.17) is 0 Å². The second kappa shape index (κ2) is 31.4. The van der Waals surface area contributed by atoms with Crippen molar-refractivity contribution in [3.05, 3.63) is 473 Å². The summed E-state index contributed by atoms with van der Waals surface area (Å²) in [5.41, 5.74) is 25.1. The second-order valence-corrected chi connectivity index (χ2v) is 33.6. The largest absolute Gasteiger partial charge is 0.310 e. The fourth-order valence-corrected chi connectivity index (χ4v) is 21.2. The summed E-state index contributed by atoms with van der Waals surface area (Å²) >= 11 is 3.76. The summed E-state index contributed by atoms with van der Waals surface area (Å²) in [4.78, 5) is 9.63. The Morgan fingerprint density at radius 2 is 0.508 bits per heavy atom. The highest BCUT2D eigenvalue weighted by atomic mass is 32.1. The van der Waals surface area contributed by atoms with Crippen LogP contribution < -0.4 is 19.6 Å². The van der Waals surface area contributed by atoms with Crippen LogP contribution in [0.5, 0.6) is 0 Å². The molecule has 8 heteroatoms. The number of thiophene rings is 2. The first-order valence-corrected chi connectivity index (χ1v) is 43.8. The van der Waals surface area contributed by atoms with Crippen LogP contribution in [0.4, 0.5) is 68.2 Å². The molecule has 0 unspecified atom stereocenters. The van der Waals surface area contributed by atoms with Gasteiger partial charge in [-0.15, -0.1) is 22.7 Å². The molecule has 0 spiro atoms. The lowest BCUT2D eigenvalue weighted by atomic mass is 9.99. The highest BCUT2D eigenvalue weighted by Gasteiger charge is 2.27. The molecule has 6 nitrogen and oxygen atoms in total. The number of aromatic nitrogens is 2. The molecule has 0 aliphatic heterocycles. The van der Waals surface area contributed by atoms with Crippen molar-refractivity contribution in [2.75, 3.05) is 19.6 Å². The summed E-state index contributed by atoms with van der Waals surface area (Å²) in [5.74, 6) is 0. The molecule has 20 aromatic carbocycles. The number of fused-ring (bicyclic) bond motifs is 16. The summed E-state index contributed by atoms with van der Waals surface area (Å²) in [5, 5.41) is 15.2. The zero-order valence-electron chi connectivity index (χ0n) is 67.5. The molecule has 0 amide bonds. The van der Waals surface area contributed by atoms with Crippen molar-refractivity contribution in [3.8, 4) is 33.6 Å². The van der Waals surface area contributed by atoms with Gasteiger partial charge in [-0.25, -0.2) is 0 Å². The normalized spacial score (nSPS) is 11.5. The first-order valence-electron chi connectivity index (χ1n) is 42.2. The molecule has 584 valence electrons. The summed E-state index contributed by atoms with van der Waals surface area (Å²) in [7, 11) is 0. The van der Waals surface area contributed by atoms with Crippen molar-refractivity contribution >= 4 is 196 Å². The van der Waals surface area contributed by atoms with Gasteiger partial charge in [-0.05, 0) is 226 Å². The van der Waals surface area contributed by atoms with Crippen LogP contribution >= 0.6 is 22.7 Å². The van der Waals surface area contributed by atoms with Crippen LogP contribution in [0.2, 0.25) is 0 Å². The molecule has 0 aliphatic carbocycles. The molecule has 24 rings (SSSR count). The van der Waals surface area contributed by atoms with E-state index in [1.54, 1.807) is 0 Å². The average Bonchev–Trinajstić information content (AvgIpc) is 1.58. The Hall–Kier alpha value is -15.8. The topological polar surface area (TPSA) is 22.8 Å². The quantitative estimate of drug-likeness (QED) is 0.0962. The highest BCUT2D eigenvalue weighted by molar-refractivity contribution is 7.27. The van der Waals surface area contributed by atoms with Crippen LogP contribution in [0.25, 0.3) is 139 Å². The molecule has 0 saturated carbocycles. The van der Waals surface area contributed by atoms with Crippen molar-refractivity contribution in [3.63, 3.8) is 0 Å². The van der Waals surface area contributed by atoms with E-state index in [0.717, 1.165) is 84.9 Å². The summed E-state index contributed by atoms with van der Waals surface area (Å²) in [6.07, 6.45) is 0. The summed E-state index contributed by atoms with van der Waals surface area (Å²) in [6.45, 7) is 0. The molecule has 0 aliphatic rings. The van der Waals surface area contributed by atoms with Gasteiger partial charge in [-0.2, -0.15) is 0 Å². The molecule has 24 aromatic rings. The van der Waals surface area contributed by atoms with Gasteiger partial charge >= 0.3 is 0 Å². The van der Waals surface area contributed by atoms with Gasteiger partial charge in [0.25, 0.3) is 0 Å². The predicted octanol–water partition coefficient (Wildman–Crippen LogP) is 33.8. The Morgan fingerprint density at radius 1 is 0.177 bits per heavy atom. The average molecular weight is 1620 g/mol. The molecule has 0 fully saturated rings. The number of para-hydroxylation sites is 9. The van der Waals surface area contributed by atoms with Gasteiger partial charge in [0.15, 0.2) is 0 Å². The molecular formula is C116H78N6S2. The molecule has 0 radical (unpaired) electrons. The van der Waals surface area contributed by atoms with E-state index in [-0.39, 0.29) is 0 Å². The number of hydrogen-bond acceptors (Lipinski definition) is 6. The standard InChI is InChI=1S/C60H42N4.C56H36N2S2/c1-5-19-45(20-6-1)61(51-36-38-59-55(41-51)53-28-13-15-30-57(53)63(59)47-23-9-3-10-24-47)49-34-32-43(33-35-49)44-18-17-27-50(40-44)62(46-21-7-2-8-22-46)52-37-39-60-56(42-52)54-29-14-16-31-58(54)64(60)48-25-11-4-12-26-48;1-3-19-40(20-4-1)57(49-35-38-17-7-9-24-44(38)53-46-26-12-15-29-51(46)59-55(49)53)42-33-31-37(32-34-42)43-23-11-14-28-48(43)58(41-21-5-2-6-22-41)50-36-39-18-8-10-25-45(39)54-47-27-13-16-30-52(47)60-56(50)54/h1-42H;1-36H. The lowest BCUT2D eigenvalue weighted by Crippen LogP contribution is -2.12. The Bertz CT molecular complexity index is 8110. The molecule has 0 atom stereocenters. The molecule has 0 N–H and O–H groups in total. The first kappa shape index (κ1) is 73.3. The number of nitrogens with zero attached hydrogens (tertiary/aromatic N) is 6. The van der Waals surface area contributed by atoms with Crippen molar-refractivity contribution < 1.29 is 0 Å². The smallest absolute Gasteiger partial charge is 0.0647 e. The number of rotatable bonds is 16. The maximum Gasteiger partial charge on any atom is 0.0647 e. The third kappa shape index (κ3) is 12.9. The zero-order valence-corrected chi connectivity index (χ0v) is 69.2. The van der Waals surface area contributed by atoms with Crippen molar-refractivity contribution in [1.82, 2.24) is 9.13 Å². The third-order valence-electron chi connectivity index (χ3n) is 24.2. The Morgan fingerprint density at radius 3 is 1.00 bits per heavy atom. The number of anilines is 12. The Kier molecular flexibility index (Phi) is 18.6. The summed E-state index contributed by atoms with van der Waals surface area (Å²) < 4.78 is 9.90. The lowest BCUT2D eigenvalue weighted by molar-refractivity contribution is 1.18. The van der Waals surface area contributed by atoms with Gasteiger partial charge in [-0.3, -0.25) is 0 Å². The van der Waals surface area contributed by atoms with E-state index in [1.807, 2.05) is 22.7 Å². The second-order valence-electron chi connectivity index (χ2n) is 31.5. The monoisotopic (exact) mass is 1620 g/mol. The molecular weight excluding hydrogens is 1540 g/mol. The first-order chi connectivity index (χ1) is 61.5. The van der Waals surface area contributed by atoms with E-state index < -0.39 is 0 Å². The number of benzene rings is 20. The van der Waals surface area contributed by atoms with E-state index in [0.29, 0.717) is 0 Å². The van der Waals surface area contributed by atoms with E-state index in [9.17, 15) is 0 Å². The third-order valence-corrected chi connectivity index (χ3v) is 26.6. The fourth-order valence-electron chi connectivity index (χ4n) is 18.7. The van der Waals surface area contributed by atoms with E-state index >= 15 is 0 Å². The minimum atomic E-state index is 1.09. The predicted molar refractivity (Wildman–Crippen MR) is 532 cm³/mol. The molecule has 0 saturated heterocycles. The van der Waals surface area contributed by atoms with Crippen molar-refractivity contribution in [2.24, 2.45) is 0 Å². The Labute approximate surface area is 726 Å². The zero-order chi connectivity index (χ0) is 82.0. The maximum atomic E-state index is 2.47. The van der Waals surface area contributed by atoms with Crippen LogP contribution in [0, 0.1) is 0 Å². The van der Waals surface area contributed by atoms with Crippen molar-refractivity contribution in [1.29, 1.82) is 0 Å². The van der Waals surface area contributed by atoms with E-state index in [2.05, 4.69) is 502 Å². The van der Waals surface area contributed by atoms with E-state index in [1.165, 1.54) is 122 Å². The van der Waals surface area contributed by atoms with Crippen LogP contribution in [0.3, 0.4) is 0 Å². The van der Waals surface area contributed by atoms with Gasteiger partial charge in [0.2, 0.25) is 0 Å². The van der Waals surface area contributed by atoms with Gasteiger partial charge in [0, 0.05) is 121 Å². The Balaban J connectivity index is 0.000000144. The van der Waals surface area contributed by atoms with Gasteiger partial charge in [0.1, 0.15) is 0 Å². The maximum absolute atomic E-state index is 2.47. The highest BCUT2D eigenvalue weighted by Crippen LogP contribution is 2.53. The summed E-state index contributed by atoms with van der Waals surface area (Å²) in [6, 6.07) is 171. The van der Waals surface area contributed by atoms with Crippen LogP contribution in [-0.4, -0.2) is 9.13 Å². The van der Waals surface area contributed by atoms with Crippen LogP contribution in [0.1, 0.15) is 0 Å². The molecule has 0 bridgehead atoms. The fraction of sp³-hybridized carbons (Fsp3) is 0. The minimum absolute atomic E-state index is 1.09.